The highest BCUT2D eigenvalue weighted by atomic mass is 79.9. The van der Waals surface area contributed by atoms with Gasteiger partial charge < -0.3 is 5.32 Å². The van der Waals surface area contributed by atoms with Crippen molar-refractivity contribution < 1.29 is 0 Å². The first-order chi connectivity index (χ1) is 9.22. The lowest BCUT2D eigenvalue weighted by Crippen LogP contribution is -2.45. The van der Waals surface area contributed by atoms with Crippen molar-refractivity contribution in [3.8, 4) is 0 Å². The average molecular weight is 419 g/mol. The fourth-order valence-electron chi connectivity index (χ4n) is 2.67. The molecule has 1 aliphatic heterocycles. The van der Waals surface area contributed by atoms with E-state index in [-0.39, 0.29) is 24.8 Å². The van der Waals surface area contributed by atoms with Gasteiger partial charge in [0.05, 0.1) is 5.02 Å². The summed E-state index contributed by atoms with van der Waals surface area (Å²) in [4.78, 5) is 2.60. The van der Waals surface area contributed by atoms with E-state index in [2.05, 4.69) is 45.2 Å². The summed E-state index contributed by atoms with van der Waals surface area (Å²) >= 11 is 9.65. The van der Waals surface area contributed by atoms with Gasteiger partial charge in [-0.1, -0.05) is 37.4 Å². The van der Waals surface area contributed by atoms with Crippen molar-refractivity contribution in [1.29, 1.82) is 0 Å². The van der Waals surface area contributed by atoms with Gasteiger partial charge in [0.15, 0.2) is 0 Å². The number of hydrogen-bond donors (Lipinski definition) is 1. The summed E-state index contributed by atoms with van der Waals surface area (Å²) in [6, 6.07) is 6.89. The highest BCUT2D eigenvalue weighted by molar-refractivity contribution is 9.10. The molecule has 1 atom stereocenters. The van der Waals surface area contributed by atoms with Gasteiger partial charge in [0, 0.05) is 36.7 Å². The number of rotatable bonds is 5. The van der Waals surface area contributed by atoms with E-state index in [0.29, 0.717) is 6.04 Å². The zero-order chi connectivity index (χ0) is 13.7. The number of piperazine rings is 1. The van der Waals surface area contributed by atoms with Gasteiger partial charge >= 0.3 is 0 Å². The van der Waals surface area contributed by atoms with Crippen molar-refractivity contribution in [3.63, 3.8) is 0 Å². The van der Waals surface area contributed by atoms with Gasteiger partial charge in [0.1, 0.15) is 0 Å². The van der Waals surface area contributed by atoms with Gasteiger partial charge in [0.2, 0.25) is 0 Å². The predicted octanol–water partition coefficient (Wildman–Crippen LogP) is 5.08. The van der Waals surface area contributed by atoms with Crippen LogP contribution in [0.3, 0.4) is 0 Å². The second-order valence-corrected chi connectivity index (χ2v) is 6.38. The predicted molar refractivity (Wildman–Crippen MR) is 100 cm³/mol. The summed E-state index contributed by atoms with van der Waals surface area (Å²) in [6.07, 6.45) is 3.75. The molecule has 0 spiro atoms. The molecule has 6 heteroatoms. The number of nitrogens with one attached hydrogen (secondary N) is 1. The quantitative estimate of drug-likeness (QED) is 0.717. The topological polar surface area (TPSA) is 15.3 Å². The summed E-state index contributed by atoms with van der Waals surface area (Å²) < 4.78 is 1.00. The fourth-order valence-corrected chi connectivity index (χ4v) is 3.19. The van der Waals surface area contributed by atoms with Crippen LogP contribution < -0.4 is 5.32 Å². The molecular formula is C15H24BrCl3N2. The van der Waals surface area contributed by atoms with Crippen molar-refractivity contribution in [2.75, 3.05) is 26.2 Å². The van der Waals surface area contributed by atoms with Crippen LogP contribution in [0.25, 0.3) is 0 Å². The van der Waals surface area contributed by atoms with Gasteiger partial charge in [-0.05, 0) is 40.0 Å². The Morgan fingerprint density at radius 1 is 1.29 bits per heavy atom. The third-order valence-corrected chi connectivity index (χ3v) is 4.97. The number of halogens is 4. The van der Waals surface area contributed by atoms with Gasteiger partial charge in [-0.2, -0.15) is 0 Å². The summed E-state index contributed by atoms with van der Waals surface area (Å²) in [5.41, 5.74) is 1.38. The van der Waals surface area contributed by atoms with Crippen LogP contribution in [-0.2, 0) is 0 Å². The Morgan fingerprint density at radius 3 is 2.52 bits per heavy atom. The van der Waals surface area contributed by atoms with Gasteiger partial charge in [-0.25, -0.2) is 0 Å². The largest absolute Gasteiger partial charge is 0.314 e. The molecule has 21 heavy (non-hydrogen) atoms. The molecule has 122 valence electrons. The molecule has 1 saturated heterocycles. The first-order valence-electron chi connectivity index (χ1n) is 7.12. The molecule has 2 rings (SSSR count). The average Bonchev–Trinajstić information content (AvgIpc) is 2.44. The Balaban J connectivity index is 0.00000200. The van der Waals surface area contributed by atoms with Crippen LogP contribution in [0.15, 0.2) is 22.7 Å². The van der Waals surface area contributed by atoms with E-state index < -0.39 is 0 Å². The minimum atomic E-state index is 0. The number of unbranched alkanes of at least 4 members (excludes halogenated alkanes) is 1. The third kappa shape index (κ3) is 6.25. The molecule has 0 amide bonds. The maximum absolute atomic E-state index is 6.10. The van der Waals surface area contributed by atoms with Gasteiger partial charge in [0.25, 0.3) is 0 Å². The summed E-state index contributed by atoms with van der Waals surface area (Å²) in [5, 5.41) is 4.22. The molecule has 1 N–H and O–H groups in total. The third-order valence-electron chi connectivity index (χ3n) is 3.75. The van der Waals surface area contributed by atoms with Crippen LogP contribution in [0.4, 0.5) is 0 Å². The van der Waals surface area contributed by atoms with Gasteiger partial charge in [-0.15, -0.1) is 24.8 Å². The Kier molecular flexibility index (Phi) is 11.4. The zero-order valence-electron chi connectivity index (χ0n) is 12.3. The van der Waals surface area contributed by atoms with E-state index in [1.54, 1.807) is 0 Å². The molecule has 0 aliphatic carbocycles. The molecule has 1 aromatic rings. The Bertz CT molecular complexity index is 412. The number of benzene rings is 1. The summed E-state index contributed by atoms with van der Waals surface area (Å²) in [6.45, 7) is 6.71. The SMILES string of the molecule is CCCC[C@@H](c1ccc(Cl)c(Br)c1)N1CCNCC1.Cl.Cl. The van der Waals surface area contributed by atoms with Crippen LogP contribution in [0.2, 0.25) is 5.02 Å². The zero-order valence-corrected chi connectivity index (χ0v) is 16.3. The summed E-state index contributed by atoms with van der Waals surface area (Å²) in [7, 11) is 0. The molecule has 1 aliphatic rings. The van der Waals surface area contributed by atoms with E-state index in [4.69, 9.17) is 11.6 Å². The number of hydrogen-bond acceptors (Lipinski definition) is 2. The van der Waals surface area contributed by atoms with Crippen LogP contribution in [0, 0.1) is 0 Å². The first kappa shape index (κ1) is 21.5. The fraction of sp³-hybridized carbons (Fsp3) is 0.600. The van der Waals surface area contributed by atoms with Crippen LogP contribution >= 0.6 is 52.3 Å². The molecule has 0 bridgehead atoms. The molecule has 1 aromatic carbocycles. The van der Waals surface area contributed by atoms with Gasteiger partial charge in [-0.3, -0.25) is 4.90 Å². The lowest BCUT2D eigenvalue weighted by molar-refractivity contribution is 0.163. The molecule has 0 saturated carbocycles. The minimum absolute atomic E-state index is 0. The molecule has 0 radical (unpaired) electrons. The van der Waals surface area contributed by atoms with Crippen molar-refractivity contribution >= 4 is 52.3 Å². The van der Waals surface area contributed by atoms with Crippen LogP contribution in [0.1, 0.15) is 37.8 Å². The lowest BCUT2D eigenvalue weighted by atomic mass is 9.99. The monoisotopic (exact) mass is 416 g/mol. The van der Waals surface area contributed by atoms with Crippen molar-refractivity contribution in [2.45, 2.75) is 32.2 Å². The highest BCUT2D eigenvalue weighted by Gasteiger charge is 2.22. The van der Waals surface area contributed by atoms with Crippen LogP contribution in [-0.4, -0.2) is 31.1 Å². The minimum Gasteiger partial charge on any atom is -0.314 e. The van der Waals surface area contributed by atoms with E-state index in [0.717, 1.165) is 35.7 Å². The molecule has 2 nitrogen and oxygen atoms in total. The lowest BCUT2D eigenvalue weighted by Gasteiger charge is -2.35. The molecular weight excluding hydrogens is 394 g/mol. The molecule has 0 unspecified atom stereocenters. The van der Waals surface area contributed by atoms with Crippen LogP contribution in [0.5, 0.6) is 0 Å². The van der Waals surface area contributed by atoms with Crippen molar-refractivity contribution in [3.05, 3.63) is 33.3 Å². The second kappa shape index (κ2) is 11.1. The summed E-state index contributed by atoms with van der Waals surface area (Å²) in [5.74, 6) is 0. The maximum Gasteiger partial charge on any atom is 0.0548 e. The van der Waals surface area contributed by atoms with Crippen molar-refractivity contribution in [1.82, 2.24) is 10.2 Å². The van der Waals surface area contributed by atoms with E-state index in [1.807, 2.05) is 6.07 Å². The maximum atomic E-state index is 6.10. The molecule has 1 fully saturated rings. The van der Waals surface area contributed by atoms with E-state index in [1.165, 1.54) is 24.8 Å². The Hall–Kier alpha value is 0.490. The highest BCUT2D eigenvalue weighted by Crippen LogP contribution is 2.31. The molecule has 0 aromatic heterocycles. The van der Waals surface area contributed by atoms with E-state index in [9.17, 15) is 0 Å². The first-order valence-corrected chi connectivity index (χ1v) is 8.29. The Morgan fingerprint density at radius 2 is 1.95 bits per heavy atom. The normalized spacial score (nSPS) is 16.7. The standard InChI is InChI=1S/C15H22BrClN2.2ClH/c1-2-3-4-15(19-9-7-18-8-10-19)12-5-6-14(17)13(16)11-12;;/h5-6,11,15,18H,2-4,7-10H2,1H3;2*1H/t15-;;/m0../s1. The van der Waals surface area contributed by atoms with E-state index >= 15 is 0 Å². The number of nitrogens with zero attached hydrogens (tertiary/aromatic N) is 1. The van der Waals surface area contributed by atoms with Crippen molar-refractivity contribution in [2.24, 2.45) is 0 Å². The molecule has 1 heterocycles. The second-order valence-electron chi connectivity index (χ2n) is 5.12. The Labute approximate surface area is 153 Å². The smallest absolute Gasteiger partial charge is 0.0548 e.